The minimum Gasteiger partial charge on any atom is -0.493 e. The van der Waals surface area contributed by atoms with Gasteiger partial charge in [-0.25, -0.2) is 0 Å². The number of esters is 1. The monoisotopic (exact) mass is 604 g/mol. The molecular weight excluding hydrogens is 560 g/mol. The summed E-state index contributed by atoms with van der Waals surface area (Å²) in [6.07, 6.45) is 1.10. The van der Waals surface area contributed by atoms with E-state index < -0.39 is 18.4 Å². The van der Waals surface area contributed by atoms with Crippen LogP contribution in [0.1, 0.15) is 48.5 Å². The predicted molar refractivity (Wildman–Crippen MR) is 167 cm³/mol. The summed E-state index contributed by atoms with van der Waals surface area (Å²) in [6.45, 7) is 8.02. The number of hydrogen-bond donors (Lipinski definition) is 2. The van der Waals surface area contributed by atoms with Crippen LogP contribution in [0.4, 0.5) is 0 Å². The molecule has 2 heterocycles. The van der Waals surface area contributed by atoms with Crippen LogP contribution in [0, 0.1) is 13.8 Å². The van der Waals surface area contributed by atoms with Crippen molar-refractivity contribution in [1.29, 1.82) is 0 Å². The molecule has 0 saturated carbocycles. The van der Waals surface area contributed by atoms with Gasteiger partial charge in [0.2, 0.25) is 0 Å². The molecule has 2 aliphatic heterocycles. The van der Waals surface area contributed by atoms with Crippen molar-refractivity contribution in [3.8, 4) is 23.0 Å². The Kier molecular flexibility index (Phi) is 11.4. The number of hydrogen-bond acceptors (Lipinski definition) is 9. The number of ether oxygens (including phenoxy) is 5. The Bertz CT molecular complexity index is 1330. The van der Waals surface area contributed by atoms with E-state index in [0.29, 0.717) is 50.0 Å². The number of nitrogens with zero attached hydrogens (tertiary/aromatic N) is 1. The van der Waals surface area contributed by atoms with Gasteiger partial charge in [0, 0.05) is 13.0 Å². The topological polar surface area (TPSA) is 98.7 Å². The first-order valence-electron chi connectivity index (χ1n) is 15.6. The van der Waals surface area contributed by atoms with Crippen LogP contribution >= 0.6 is 0 Å². The second-order valence-corrected chi connectivity index (χ2v) is 11.5. The molecule has 2 aliphatic rings. The van der Waals surface area contributed by atoms with E-state index in [1.54, 1.807) is 0 Å². The van der Waals surface area contributed by atoms with Crippen LogP contribution < -0.4 is 24.3 Å². The number of aliphatic hydroxyl groups is 1. The number of carbonyl (C=O) groups excluding carboxylic acids is 1. The van der Waals surface area contributed by atoms with Crippen LogP contribution in [-0.4, -0.2) is 74.3 Å². The van der Waals surface area contributed by atoms with Gasteiger partial charge in [-0.2, -0.15) is 0 Å². The molecule has 0 radical (unpaired) electrons. The molecule has 1 fully saturated rings. The SMILES string of the molecule is Cc1ccc(OCCC(=O)OC(c2ccc3c(c2)OCCO3)C(CN2CCCC2)NC(O)CCOc2ccc(C)cc2)cc1. The van der Waals surface area contributed by atoms with Crippen molar-refractivity contribution in [3.63, 3.8) is 0 Å². The summed E-state index contributed by atoms with van der Waals surface area (Å²) < 4.78 is 29.5. The van der Waals surface area contributed by atoms with Crippen molar-refractivity contribution in [2.24, 2.45) is 0 Å². The van der Waals surface area contributed by atoms with Gasteiger partial charge in [0.25, 0.3) is 0 Å². The van der Waals surface area contributed by atoms with E-state index in [2.05, 4.69) is 10.2 Å². The molecule has 9 nitrogen and oxygen atoms in total. The third-order valence-electron chi connectivity index (χ3n) is 7.86. The van der Waals surface area contributed by atoms with Crippen molar-refractivity contribution >= 4 is 5.97 Å². The Balaban J connectivity index is 1.29. The summed E-state index contributed by atoms with van der Waals surface area (Å²) >= 11 is 0. The van der Waals surface area contributed by atoms with E-state index in [1.165, 1.54) is 0 Å². The highest BCUT2D eigenvalue weighted by Crippen LogP contribution is 2.35. The van der Waals surface area contributed by atoms with E-state index in [1.807, 2.05) is 80.6 Å². The normalized spacial score (nSPS) is 16.6. The Morgan fingerprint density at radius 1 is 0.864 bits per heavy atom. The maximum absolute atomic E-state index is 13.3. The maximum Gasteiger partial charge on any atom is 0.309 e. The number of likely N-dealkylation sites (tertiary alicyclic amines) is 1. The van der Waals surface area contributed by atoms with Crippen LogP contribution in [0.25, 0.3) is 0 Å². The number of nitrogens with one attached hydrogen (secondary N) is 1. The summed E-state index contributed by atoms with van der Waals surface area (Å²) in [4.78, 5) is 15.6. The highest BCUT2D eigenvalue weighted by atomic mass is 16.6. The van der Waals surface area contributed by atoms with E-state index in [9.17, 15) is 9.90 Å². The minimum atomic E-state index is -0.878. The third-order valence-corrected chi connectivity index (χ3v) is 7.86. The van der Waals surface area contributed by atoms with Crippen LogP contribution in [0.15, 0.2) is 66.7 Å². The molecule has 3 unspecified atom stereocenters. The van der Waals surface area contributed by atoms with Gasteiger partial charge in [-0.15, -0.1) is 0 Å². The number of rotatable bonds is 15. The van der Waals surface area contributed by atoms with Gasteiger partial charge < -0.3 is 33.7 Å². The summed E-state index contributed by atoms with van der Waals surface area (Å²) in [6, 6.07) is 20.8. The zero-order chi connectivity index (χ0) is 30.7. The second-order valence-electron chi connectivity index (χ2n) is 11.5. The second kappa shape index (κ2) is 15.8. The lowest BCUT2D eigenvalue weighted by Crippen LogP contribution is -2.49. The first-order valence-corrected chi connectivity index (χ1v) is 15.6. The Morgan fingerprint density at radius 2 is 1.48 bits per heavy atom. The molecule has 1 saturated heterocycles. The smallest absolute Gasteiger partial charge is 0.309 e. The molecule has 0 aromatic heterocycles. The van der Waals surface area contributed by atoms with E-state index in [0.717, 1.165) is 48.4 Å². The number of aliphatic hydroxyl groups excluding tert-OH is 1. The number of aryl methyl sites for hydroxylation is 2. The van der Waals surface area contributed by atoms with E-state index in [4.69, 9.17) is 23.7 Å². The molecule has 3 aromatic rings. The first-order chi connectivity index (χ1) is 21.4. The lowest BCUT2D eigenvalue weighted by atomic mass is 10.00. The zero-order valence-electron chi connectivity index (χ0n) is 25.7. The van der Waals surface area contributed by atoms with Gasteiger partial charge in [0.05, 0.1) is 25.7 Å². The largest absolute Gasteiger partial charge is 0.493 e. The molecular formula is C35H44N2O7. The number of benzene rings is 3. The summed E-state index contributed by atoms with van der Waals surface area (Å²) in [7, 11) is 0. The van der Waals surface area contributed by atoms with Crippen LogP contribution in [-0.2, 0) is 9.53 Å². The van der Waals surface area contributed by atoms with Gasteiger partial charge in [-0.3, -0.25) is 10.1 Å². The molecule has 236 valence electrons. The molecule has 0 aliphatic carbocycles. The molecule has 3 aromatic carbocycles. The van der Waals surface area contributed by atoms with Crippen LogP contribution in [0.3, 0.4) is 0 Å². The summed E-state index contributed by atoms with van der Waals surface area (Å²) in [5.41, 5.74) is 3.06. The van der Waals surface area contributed by atoms with Gasteiger partial charge in [-0.1, -0.05) is 41.5 Å². The minimum absolute atomic E-state index is 0.0817. The average molecular weight is 605 g/mol. The van der Waals surface area contributed by atoms with Gasteiger partial charge in [-0.05, 0) is 81.7 Å². The molecule has 5 rings (SSSR count). The number of fused-ring (bicyclic) bond motifs is 1. The number of carbonyl (C=O) groups is 1. The lowest BCUT2D eigenvalue weighted by Gasteiger charge is -2.33. The molecule has 3 atom stereocenters. The Morgan fingerprint density at radius 3 is 2.14 bits per heavy atom. The highest BCUT2D eigenvalue weighted by Gasteiger charge is 2.32. The maximum atomic E-state index is 13.3. The lowest BCUT2D eigenvalue weighted by molar-refractivity contribution is -0.152. The molecule has 44 heavy (non-hydrogen) atoms. The van der Waals surface area contributed by atoms with E-state index >= 15 is 0 Å². The van der Waals surface area contributed by atoms with Gasteiger partial charge >= 0.3 is 5.97 Å². The van der Waals surface area contributed by atoms with Crippen molar-refractivity contribution < 1.29 is 33.6 Å². The molecule has 0 bridgehead atoms. The summed E-state index contributed by atoms with van der Waals surface area (Å²) in [5.74, 6) is 2.35. The molecule has 2 N–H and O–H groups in total. The molecule has 0 spiro atoms. The summed E-state index contributed by atoms with van der Waals surface area (Å²) in [5, 5.41) is 14.5. The van der Waals surface area contributed by atoms with Crippen LogP contribution in [0.2, 0.25) is 0 Å². The Labute approximate surface area is 260 Å². The van der Waals surface area contributed by atoms with Crippen molar-refractivity contribution in [1.82, 2.24) is 10.2 Å². The average Bonchev–Trinajstić information content (AvgIpc) is 3.54. The Hall–Kier alpha value is -3.79. The van der Waals surface area contributed by atoms with Gasteiger partial charge in [0.1, 0.15) is 37.0 Å². The van der Waals surface area contributed by atoms with Crippen molar-refractivity contribution in [3.05, 3.63) is 83.4 Å². The predicted octanol–water partition coefficient (Wildman–Crippen LogP) is 4.97. The highest BCUT2D eigenvalue weighted by molar-refractivity contribution is 5.70. The van der Waals surface area contributed by atoms with Crippen molar-refractivity contribution in [2.75, 3.05) is 46.1 Å². The van der Waals surface area contributed by atoms with Crippen LogP contribution in [0.5, 0.6) is 23.0 Å². The fraction of sp³-hybridized carbons (Fsp3) is 0.457. The third kappa shape index (κ3) is 9.35. The fourth-order valence-electron chi connectivity index (χ4n) is 5.44. The van der Waals surface area contributed by atoms with E-state index in [-0.39, 0.29) is 19.0 Å². The zero-order valence-corrected chi connectivity index (χ0v) is 25.7. The standard InChI is InChI=1S/C35H44N2O7/c1-25-5-10-28(11-6-25)40-19-15-33(38)36-30(24-37-17-3-4-18-37)35(27-9-14-31-32(23-27)43-22-21-42-31)44-34(39)16-20-41-29-12-7-26(2)8-13-29/h5-14,23,30,33,35-36,38H,3-4,15-22,24H2,1-2H3. The quantitative estimate of drug-likeness (QED) is 0.184. The molecule has 9 heteroatoms. The van der Waals surface area contributed by atoms with Gasteiger partial charge in [0.15, 0.2) is 11.5 Å². The van der Waals surface area contributed by atoms with Crippen molar-refractivity contribution in [2.45, 2.75) is 57.9 Å². The first kappa shape index (κ1) is 31.6. The molecule has 0 amide bonds. The fourth-order valence-corrected chi connectivity index (χ4v) is 5.44.